The van der Waals surface area contributed by atoms with E-state index in [1.165, 1.54) is 44.9 Å². The number of amides is 1. The molecule has 2 atom stereocenters. The Morgan fingerprint density at radius 2 is 1.14 bits per heavy atom. The van der Waals surface area contributed by atoms with E-state index in [2.05, 4.69) is 12.2 Å². The molecule has 0 heterocycles. The van der Waals surface area contributed by atoms with Crippen molar-refractivity contribution in [2.45, 2.75) is 141 Å². The van der Waals surface area contributed by atoms with Crippen LogP contribution in [0.15, 0.2) is 0 Å². The van der Waals surface area contributed by atoms with Gasteiger partial charge in [0.25, 0.3) is 0 Å². The number of unbranched alkanes of at least 4 members (excludes halogenated alkanes) is 14. The minimum absolute atomic E-state index is 0.0823. The van der Waals surface area contributed by atoms with Gasteiger partial charge < -0.3 is 20.6 Å². The monoisotopic (exact) mass is 415 g/mol. The smallest absolute Gasteiger partial charge is 0.224 e. The first-order valence-corrected chi connectivity index (χ1v) is 12.4. The summed E-state index contributed by atoms with van der Waals surface area (Å²) in [7, 11) is 0. The van der Waals surface area contributed by atoms with Crippen molar-refractivity contribution < 1.29 is 20.1 Å². The van der Waals surface area contributed by atoms with E-state index >= 15 is 0 Å². The molecule has 0 saturated heterocycles. The zero-order valence-electron chi connectivity index (χ0n) is 19.0. The maximum absolute atomic E-state index is 11.9. The SMILES string of the molecule is CCCCCCCCCCC[C@@H](O)CC(=O)NC(O)CCCCCCCCCO. The first kappa shape index (κ1) is 28.4. The lowest BCUT2D eigenvalue weighted by Crippen LogP contribution is -2.36. The van der Waals surface area contributed by atoms with Crippen molar-refractivity contribution in [3.8, 4) is 0 Å². The van der Waals surface area contributed by atoms with Gasteiger partial charge in [0.2, 0.25) is 5.91 Å². The van der Waals surface area contributed by atoms with Crippen molar-refractivity contribution in [1.29, 1.82) is 0 Å². The molecule has 0 spiro atoms. The van der Waals surface area contributed by atoms with Crippen LogP contribution < -0.4 is 5.32 Å². The molecule has 0 aliphatic heterocycles. The number of carbonyl (C=O) groups excluding carboxylic acids is 1. The van der Waals surface area contributed by atoms with Gasteiger partial charge >= 0.3 is 0 Å². The first-order valence-electron chi connectivity index (χ1n) is 12.4. The van der Waals surface area contributed by atoms with Gasteiger partial charge in [-0.1, -0.05) is 96.8 Å². The quantitative estimate of drug-likeness (QED) is 0.144. The van der Waals surface area contributed by atoms with E-state index < -0.39 is 12.3 Å². The second-order valence-corrected chi connectivity index (χ2v) is 8.55. The van der Waals surface area contributed by atoms with Crippen LogP contribution >= 0.6 is 0 Å². The van der Waals surface area contributed by atoms with Crippen molar-refractivity contribution in [1.82, 2.24) is 5.32 Å². The van der Waals surface area contributed by atoms with Crippen LogP contribution in [0.5, 0.6) is 0 Å². The third-order valence-corrected chi connectivity index (χ3v) is 5.53. The summed E-state index contributed by atoms with van der Waals surface area (Å²) in [4.78, 5) is 11.9. The summed E-state index contributed by atoms with van der Waals surface area (Å²) in [6.07, 6.45) is 18.4. The lowest BCUT2D eigenvalue weighted by atomic mass is 10.0. The van der Waals surface area contributed by atoms with E-state index in [1.54, 1.807) is 0 Å². The van der Waals surface area contributed by atoms with E-state index in [0.29, 0.717) is 12.8 Å². The number of aliphatic hydroxyl groups is 3. The molecule has 0 bridgehead atoms. The average Bonchev–Trinajstić information content (AvgIpc) is 2.68. The normalized spacial score (nSPS) is 13.4. The Morgan fingerprint density at radius 1 is 0.690 bits per heavy atom. The van der Waals surface area contributed by atoms with Gasteiger partial charge in [-0.2, -0.15) is 0 Å². The number of hydrogen-bond donors (Lipinski definition) is 4. The Bertz CT molecular complexity index is 352. The van der Waals surface area contributed by atoms with Crippen molar-refractivity contribution in [2.75, 3.05) is 6.61 Å². The van der Waals surface area contributed by atoms with Crippen LogP contribution in [0.2, 0.25) is 0 Å². The fraction of sp³-hybridized carbons (Fsp3) is 0.958. The zero-order chi connectivity index (χ0) is 21.6. The molecule has 0 aliphatic carbocycles. The Kier molecular flexibility index (Phi) is 21.6. The van der Waals surface area contributed by atoms with Crippen molar-refractivity contribution >= 4 is 5.91 Å². The van der Waals surface area contributed by atoms with Crippen molar-refractivity contribution in [2.24, 2.45) is 0 Å². The van der Waals surface area contributed by atoms with Crippen LogP contribution in [-0.2, 0) is 4.79 Å². The van der Waals surface area contributed by atoms with Crippen LogP contribution in [0.3, 0.4) is 0 Å². The summed E-state index contributed by atoms with van der Waals surface area (Å²) in [6.45, 7) is 2.51. The highest BCUT2D eigenvalue weighted by Crippen LogP contribution is 2.13. The Hall–Kier alpha value is -0.650. The maximum Gasteiger partial charge on any atom is 0.224 e. The van der Waals surface area contributed by atoms with E-state index in [4.69, 9.17) is 5.11 Å². The van der Waals surface area contributed by atoms with E-state index in [0.717, 1.165) is 57.8 Å². The van der Waals surface area contributed by atoms with Gasteiger partial charge in [-0.15, -0.1) is 0 Å². The van der Waals surface area contributed by atoms with Crippen LogP contribution in [0.1, 0.15) is 129 Å². The fourth-order valence-corrected chi connectivity index (χ4v) is 3.66. The summed E-state index contributed by atoms with van der Waals surface area (Å²) in [5.41, 5.74) is 0. The van der Waals surface area contributed by atoms with E-state index in [9.17, 15) is 15.0 Å². The first-order chi connectivity index (χ1) is 14.1. The molecule has 0 aliphatic rings. The zero-order valence-corrected chi connectivity index (χ0v) is 19.0. The molecule has 174 valence electrons. The summed E-state index contributed by atoms with van der Waals surface area (Å²) in [5, 5.41) is 31.2. The number of nitrogens with one attached hydrogen (secondary N) is 1. The molecule has 0 rings (SSSR count). The Morgan fingerprint density at radius 3 is 1.66 bits per heavy atom. The number of aliphatic hydroxyl groups excluding tert-OH is 3. The molecule has 0 aromatic rings. The van der Waals surface area contributed by atoms with E-state index in [-0.39, 0.29) is 18.9 Å². The van der Waals surface area contributed by atoms with E-state index in [1.807, 2.05) is 0 Å². The molecule has 1 unspecified atom stereocenters. The lowest BCUT2D eigenvalue weighted by molar-refractivity contribution is -0.126. The molecule has 5 heteroatoms. The maximum atomic E-state index is 11.9. The largest absolute Gasteiger partial charge is 0.396 e. The second-order valence-electron chi connectivity index (χ2n) is 8.55. The molecule has 0 radical (unpaired) electrons. The minimum Gasteiger partial charge on any atom is -0.396 e. The lowest BCUT2D eigenvalue weighted by Gasteiger charge is -2.15. The number of carbonyl (C=O) groups is 1. The summed E-state index contributed by atoms with van der Waals surface area (Å²) in [5.74, 6) is -0.259. The van der Waals surface area contributed by atoms with Crippen LogP contribution in [0, 0.1) is 0 Å². The van der Waals surface area contributed by atoms with Gasteiger partial charge in [0.15, 0.2) is 0 Å². The molecule has 0 aromatic carbocycles. The highest BCUT2D eigenvalue weighted by atomic mass is 16.3. The van der Waals surface area contributed by atoms with Gasteiger partial charge in [0.1, 0.15) is 6.23 Å². The topological polar surface area (TPSA) is 89.8 Å². The molecule has 29 heavy (non-hydrogen) atoms. The van der Waals surface area contributed by atoms with Gasteiger partial charge in [-0.25, -0.2) is 0 Å². The predicted molar refractivity (Wildman–Crippen MR) is 121 cm³/mol. The molecule has 0 fully saturated rings. The Balaban J connectivity index is 3.48. The second kappa shape index (κ2) is 22.0. The number of hydrogen-bond acceptors (Lipinski definition) is 4. The fourth-order valence-electron chi connectivity index (χ4n) is 3.66. The van der Waals surface area contributed by atoms with Crippen molar-refractivity contribution in [3.63, 3.8) is 0 Å². The third-order valence-electron chi connectivity index (χ3n) is 5.53. The minimum atomic E-state index is -0.809. The van der Waals surface area contributed by atoms with Crippen LogP contribution in [0.4, 0.5) is 0 Å². The molecule has 1 amide bonds. The highest BCUT2D eigenvalue weighted by molar-refractivity contribution is 5.76. The highest BCUT2D eigenvalue weighted by Gasteiger charge is 2.13. The van der Waals surface area contributed by atoms with Gasteiger partial charge in [-0.05, 0) is 25.7 Å². The third kappa shape index (κ3) is 21.9. The van der Waals surface area contributed by atoms with Crippen LogP contribution in [-0.4, -0.2) is 40.2 Å². The van der Waals surface area contributed by atoms with Gasteiger partial charge in [-0.3, -0.25) is 4.79 Å². The van der Waals surface area contributed by atoms with Crippen molar-refractivity contribution in [3.05, 3.63) is 0 Å². The van der Waals surface area contributed by atoms with Gasteiger partial charge in [0, 0.05) is 6.61 Å². The summed E-state index contributed by atoms with van der Waals surface area (Å²) in [6, 6.07) is 0. The predicted octanol–water partition coefficient (Wildman–Crippen LogP) is 5.21. The molecule has 0 saturated carbocycles. The molecule has 0 aromatic heterocycles. The molecular formula is C24H49NO4. The summed E-state index contributed by atoms with van der Waals surface area (Å²) >= 11 is 0. The molecule has 5 nitrogen and oxygen atoms in total. The molecule has 4 N–H and O–H groups in total. The standard InChI is InChI=1S/C24H49NO4/c1-2-3-4-5-6-7-9-12-15-18-22(27)21-24(29)25-23(28)19-16-13-10-8-11-14-17-20-26/h22-23,26-28H,2-21H2,1H3,(H,25,29)/t22-,23?/m1/s1. The Labute approximate surface area is 179 Å². The molecular weight excluding hydrogens is 366 g/mol. The number of rotatable bonds is 22. The summed E-state index contributed by atoms with van der Waals surface area (Å²) < 4.78 is 0. The average molecular weight is 416 g/mol. The van der Waals surface area contributed by atoms with Gasteiger partial charge in [0.05, 0.1) is 12.5 Å². The van der Waals surface area contributed by atoms with Crippen LogP contribution in [0.25, 0.3) is 0 Å².